The van der Waals surface area contributed by atoms with Gasteiger partial charge in [0.2, 0.25) is 9.84 Å². The van der Waals surface area contributed by atoms with Crippen LogP contribution in [0.15, 0.2) is 21.7 Å². The van der Waals surface area contributed by atoms with Crippen molar-refractivity contribution in [1.82, 2.24) is 0 Å². The van der Waals surface area contributed by atoms with Crippen LogP contribution in [-0.4, -0.2) is 19.5 Å². The molecule has 1 heterocycles. The quantitative estimate of drug-likeness (QED) is 0.716. The molecule has 3 nitrogen and oxygen atoms in total. The van der Waals surface area contributed by atoms with Gasteiger partial charge in [-0.15, -0.1) is 11.3 Å². The van der Waals surface area contributed by atoms with Gasteiger partial charge in [-0.1, -0.05) is 6.07 Å². The number of thiophene rings is 1. The molecule has 0 aliphatic heterocycles. The maximum Gasteiger partial charge on any atom is 0.211 e. The van der Waals surface area contributed by atoms with Crippen LogP contribution in [0.3, 0.4) is 0 Å². The molecule has 0 aliphatic carbocycles. The smallest absolute Gasteiger partial charge is 0.211 e. The molecule has 1 aromatic rings. The van der Waals surface area contributed by atoms with E-state index >= 15 is 0 Å². The Labute approximate surface area is 62.9 Å². The van der Waals surface area contributed by atoms with E-state index < -0.39 is 15.8 Å². The van der Waals surface area contributed by atoms with E-state index in [0.717, 1.165) is 11.3 Å². The number of hydrogen-bond donors (Lipinski definition) is 1. The lowest BCUT2D eigenvalue weighted by Gasteiger charge is -1.92. The van der Waals surface area contributed by atoms with Gasteiger partial charge < -0.3 is 5.11 Å². The highest BCUT2D eigenvalue weighted by atomic mass is 32.2. The molecule has 0 fully saturated rings. The summed E-state index contributed by atoms with van der Waals surface area (Å²) in [6, 6.07) is 3.10. The summed E-state index contributed by atoms with van der Waals surface area (Å²) in [6.45, 7) is 0. The fourth-order valence-corrected chi connectivity index (χ4v) is 2.28. The molecule has 0 amide bonds. The standard InChI is InChI=1S/C5H6O3S2/c6-4-10(7,8)5-2-1-3-9-5/h1-3,6H,4H2. The lowest BCUT2D eigenvalue weighted by Crippen LogP contribution is -2.02. The van der Waals surface area contributed by atoms with Crippen molar-refractivity contribution in [2.45, 2.75) is 4.21 Å². The molecule has 10 heavy (non-hydrogen) atoms. The zero-order valence-electron chi connectivity index (χ0n) is 5.02. The Bertz CT molecular complexity index is 285. The lowest BCUT2D eigenvalue weighted by atomic mass is 10.7. The zero-order valence-corrected chi connectivity index (χ0v) is 6.65. The first-order valence-corrected chi connectivity index (χ1v) is 5.07. The average Bonchev–Trinajstić information content (AvgIpc) is 2.38. The summed E-state index contributed by atoms with van der Waals surface area (Å²) >= 11 is 1.11. The molecular weight excluding hydrogens is 172 g/mol. The van der Waals surface area contributed by atoms with Gasteiger partial charge in [0.1, 0.15) is 10.1 Å². The van der Waals surface area contributed by atoms with Gasteiger partial charge in [-0.3, -0.25) is 0 Å². The fraction of sp³-hybridized carbons (Fsp3) is 0.200. The second kappa shape index (κ2) is 2.69. The zero-order chi connectivity index (χ0) is 7.61. The van der Waals surface area contributed by atoms with E-state index in [1.807, 2.05) is 0 Å². The minimum absolute atomic E-state index is 0.218. The molecule has 1 aromatic heterocycles. The maximum absolute atomic E-state index is 10.8. The molecule has 0 saturated heterocycles. The first-order valence-electron chi connectivity index (χ1n) is 2.54. The molecule has 1 N–H and O–H groups in total. The molecular formula is C5H6O3S2. The Morgan fingerprint density at radius 2 is 2.30 bits per heavy atom. The summed E-state index contributed by atoms with van der Waals surface area (Å²) in [6.07, 6.45) is 0. The van der Waals surface area contributed by atoms with Crippen LogP contribution in [0.2, 0.25) is 0 Å². The van der Waals surface area contributed by atoms with Gasteiger partial charge >= 0.3 is 0 Å². The number of aliphatic hydroxyl groups is 1. The summed E-state index contributed by atoms with van der Waals surface area (Å²) in [5, 5.41) is 10.0. The molecule has 0 aromatic carbocycles. The van der Waals surface area contributed by atoms with Gasteiger partial charge in [0, 0.05) is 0 Å². The first-order chi connectivity index (χ1) is 4.67. The third-order valence-electron chi connectivity index (χ3n) is 0.972. The minimum Gasteiger partial charge on any atom is -0.380 e. The predicted octanol–water partition coefficient (Wildman–Crippen LogP) is 0.472. The van der Waals surface area contributed by atoms with E-state index in [2.05, 4.69) is 0 Å². The van der Waals surface area contributed by atoms with Crippen LogP contribution in [0.1, 0.15) is 0 Å². The topological polar surface area (TPSA) is 54.4 Å². The van der Waals surface area contributed by atoms with Gasteiger partial charge in [-0.2, -0.15) is 0 Å². The Morgan fingerprint density at radius 3 is 2.70 bits per heavy atom. The van der Waals surface area contributed by atoms with Gasteiger partial charge in [0.15, 0.2) is 0 Å². The van der Waals surface area contributed by atoms with E-state index in [4.69, 9.17) is 5.11 Å². The van der Waals surface area contributed by atoms with E-state index in [0.29, 0.717) is 0 Å². The Balaban J connectivity index is 3.09. The average molecular weight is 178 g/mol. The van der Waals surface area contributed by atoms with E-state index in [9.17, 15) is 8.42 Å². The normalized spacial score (nSPS) is 11.7. The first kappa shape index (κ1) is 7.71. The van der Waals surface area contributed by atoms with Crippen LogP contribution >= 0.6 is 11.3 Å². The van der Waals surface area contributed by atoms with Crippen LogP contribution in [0.4, 0.5) is 0 Å². The third kappa shape index (κ3) is 1.36. The number of sulfone groups is 1. The van der Waals surface area contributed by atoms with E-state index in [1.165, 1.54) is 6.07 Å². The van der Waals surface area contributed by atoms with Crippen molar-refractivity contribution in [3.63, 3.8) is 0 Å². The Morgan fingerprint density at radius 1 is 1.60 bits per heavy atom. The van der Waals surface area contributed by atoms with Crippen LogP contribution in [0.5, 0.6) is 0 Å². The summed E-state index contributed by atoms with van der Waals surface area (Å²) < 4.78 is 21.9. The van der Waals surface area contributed by atoms with Crippen molar-refractivity contribution in [1.29, 1.82) is 0 Å². The Hall–Kier alpha value is -0.390. The van der Waals surface area contributed by atoms with Crippen LogP contribution < -0.4 is 0 Å². The molecule has 5 heteroatoms. The molecule has 0 radical (unpaired) electrons. The van der Waals surface area contributed by atoms with Crippen molar-refractivity contribution in [2.75, 3.05) is 5.94 Å². The van der Waals surface area contributed by atoms with Crippen molar-refractivity contribution in [3.05, 3.63) is 17.5 Å². The number of aliphatic hydroxyl groups excluding tert-OH is 1. The maximum atomic E-state index is 10.8. The minimum atomic E-state index is -3.38. The highest BCUT2D eigenvalue weighted by Gasteiger charge is 2.12. The van der Waals surface area contributed by atoms with Crippen LogP contribution in [0, 0.1) is 0 Å². The van der Waals surface area contributed by atoms with Gasteiger partial charge in [0.05, 0.1) is 0 Å². The summed E-state index contributed by atoms with van der Waals surface area (Å²) in [5.74, 6) is -0.812. The van der Waals surface area contributed by atoms with Crippen molar-refractivity contribution in [2.24, 2.45) is 0 Å². The number of rotatable bonds is 2. The third-order valence-corrected chi connectivity index (χ3v) is 3.77. The summed E-state index contributed by atoms with van der Waals surface area (Å²) in [4.78, 5) is 0. The SMILES string of the molecule is O=S(=O)(CO)c1cccs1. The molecule has 0 unspecified atom stereocenters. The summed E-state index contributed by atoms with van der Waals surface area (Å²) in [5.41, 5.74) is 0. The molecule has 0 atom stereocenters. The largest absolute Gasteiger partial charge is 0.380 e. The van der Waals surface area contributed by atoms with Crippen molar-refractivity contribution < 1.29 is 13.5 Å². The summed E-state index contributed by atoms with van der Waals surface area (Å²) in [7, 11) is -3.38. The highest BCUT2D eigenvalue weighted by Crippen LogP contribution is 2.16. The molecule has 0 aliphatic rings. The Kier molecular flexibility index (Phi) is 2.08. The monoisotopic (exact) mass is 178 g/mol. The molecule has 0 bridgehead atoms. The molecule has 0 spiro atoms. The highest BCUT2D eigenvalue weighted by molar-refractivity contribution is 7.93. The lowest BCUT2D eigenvalue weighted by molar-refractivity contribution is 0.359. The fourth-order valence-electron chi connectivity index (χ4n) is 0.504. The van der Waals surface area contributed by atoms with E-state index in [-0.39, 0.29) is 4.21 Å². The van der Waals surface area contributed by atoms with Crippen LogP contribution in [0.25, 0.3) is 0 Å². The number of hydrogen-bond acceptors (Lipinski definition) is 4. The molecule has 1 rings (SSSR count). The van der Waals surface area contributed by atoms with Gasteiger partial charge in [0.25, 0.3) is 0 Å². The molecule has 0 saturated carbocycles. The molecule has 56 valence electrons. The van der Waals surface area contributed by atoms with Crippen LogP contribution in [-0.2, 0) is 9.84 Å². The van der Waals surface area contributed by atoms with E-state index in [1.54, 1.807) is 11.4 Å². The van der Waals surface area contributed by atoms with Gasteiger partial charge in [-0.25, -0.2) is 8.42 Å². The van der Waals surface area contributed by atoms with Crippen molar-refractivity contribution >= 4 is 21.2 Å². The van der Waals surface area contributed by atoms with Gasteiger partial charge in [-0.05, 0) is 11.4 Å². The second-order valence-corrected chi connectivity index (χ2v) is 4.81. The second-order valence-electron chi connectivity index (χ2n) is 1.68. The van der Waals surface area contributed by atoms with Crippen molar-refractivity contribution in [3.8, 4) is 0 Å². The predicted molar refractivity (Wildman–Crippen MR) is 38.6 cm³/mol.